The number of halogens is 4. The Bertz CT molecular complexity index is 11.7. The average molecular weight is 278 g/mol. The molecule has 1 nitrogen and oxygen atoms in total. The first-order valence-electron chi connectivity index (χ1n) is 0. The fraction of sp³-hybridized carbons (Fsp3) is 0. The molecule has 0 unspecified atom stereocenters. The van der Waals surface area contributed by atoms with Gasteiger partial charge in [0, 0.05) is 0 Å². The van der Waals surface area contributed by atoms with E-state index in [0.717, 1.165) is 0 Å². The molecule has 0 aliphatic rings. The fourth-order valence-electron chi connectivity index (χ4n) is 0. The molecule has 7 heavy (non-hydrogen) atoms. The van der Waals surface area contributed by atoms with Gasteiger partial charge in [-0.3, -0.25) is 0 Å². The Kier molecular flexibility index (Phi) is 1160. The second kappa shape index (κ2) is 75.4. The van der Waals surface area contributed by atoms with Crippen molar-refractivity contribution in [2.24, 2.45) is 0 Å². The molecule has 0 atom stereocenters. The zero-order valence-corrected chi connectivity index (χ0v) is 9.73. The predicted molar refractivity (Wildman–Crippen MR) is 9.37 cm³/mol. The normalized spacial score (nSPS) is 0. The van der Waals surface area contributed by atoms with Gasteiger partial charge >= 0.3 is 43.6 Å². The number of hydrogen-bond acceptors (Lipinski definition) is 0. The van der Waals surface area contributed by atoms with E-state index in [4.69, 9.17) is 0 Å². The molecule has 0 heterocycles. The second-order valence-corrected chi connectivity index (χ2v) is 0. The van der Waals surface area contributed by atoms with Crippen LogP contribution in [0.3, 0.4) is 0 Å². The molecule has 0 fully saturated rings. The minimum Gasteiger partial charge on any atom is -1.00 e. The maximum atomic E-state index is 0. The molecular formula is H2AlCl4OZr+. The van der Waals surface area contributed by atoms with E-state index in [1.54, 1.807) is 0 Å². The van der Waals surface area contributed by atoms with Gasteiger partial charge in [-0.05, 0) is 0 Å². The summed E-state index contributed by atoms with van der Waals surface area (Å²) >= 11 is 0. The van der Waals surface area contributed by atoms with Crippen molar-refractivity contribution in [1.29, 1.82) is 0 Å². The summed E-state index contributed by atoms with van der Waals surface area (Å²) in [7, 11) is 0. The number of rotatable bonds is 0. The summed E-state index contributed by atoms with van der Waals surface area (Å²) in [5, 5.41) is 0. The van der Waals surface area contributed by atoms with E-state index in [-0.39, 0.29) is 98.7 Å². The average Bonchev–Trinajstić information content (AvgIpc) is 0. The van der Waals surface area contributed by atoms with Gasteiger partial charge in [0.2, 0.25) is 0 Å². The van der Waals surface area contributed by atoms with E-state index in [9.17, 15) is 0 Å². The van der Waals surface area contributed by atoms with Crippen molar-refractivity contribution >= 4 is 17.4 Å². The molecule has 0 saturated carbocycles. The van der Waals surface area contributed by atoms with E-state index >= 15 is 0 Å². The summed E-state index contributed by atoms with van der Waals surface area (Å²) in [5.41, 5.74) is 0. The maximum Gasteiger partial charge on any atom is 3.00 e. The minimum absolute atomic E-state index is 0. The van der Waals surface area contributed by atoms with Crippen molar-refractivity contribution in [1.82, 2.24) is 0 Å². The van der Waals surface area contributed by atoms with E-state index in [1.807, 2.05) is 0 Å². The molecule has 0 spiro atoms. The predicted octanol–water partition coefficient (Wildman–Crippen LogP) is -13.2. The Balaban J connectivity index is 0. The summed E-state index contributed by atoms with van der Waals surface area (Å²) < 4.78 is 0. The zero-order chi connectivity index (χ0) is 0. The van der Waals surface area contributed by atoms with E-state index < -0.39 is 0 Å². The van der Waals surface area contributed by atoms with Crippen LogP contribution in [0.25, 0.3) is 0 Å². The molecule has 0 aliphatic heterocycles. The van der Waals surface area contributed by atoms with Gasteiger partial charge in [0.05, 0.1) is 0 Å². The van der Waals surface area contributed by atoms with Crippen LogP contribution in [0.5, 0.6) is 0 Å². The SMILES string of the molecule is O.[Al+3].[Cl-].[Cl-].[Cl-].[Cl-].[Zr+2]. The van der Waals surface area contributed by atoms with Crippen molar-refractivity contribution in [2.75, 3.05) is 0 Å². The van der Waals surface area contributed by atoms with Crippen LogP contribution in [0.2, 0.25) is 0 Å². The molecule has 42 valence electrons. The third kappa shape index (κ3) is 56.7. The molecule has 0 aromatic rings. The second-order valence-electron chi connectivity index (χ2n) is 0. The van der Waals surface area contributed by atoms with Crippen molar-refractivity contribution < 1.29 is 81.3 Å². The summed E-state index contributed by atoms with van der Waals surface area (Å²) in [6, 6.07) is 0. The van der Waals surface area contributed by atoms with Crippen molar-refractivity contribution in [2.45, 2.75) is 0 Å². The smallest absolute Gasteiger partial charge is 1.00 e. The van der Waals surface area contributed by atoms with Gasteiger partial charge in [-0.15, -0.1) is 0 Å². The molecule has 7 heteroatoms. The molecule has 0 aliphatic carbocycles. The molecule has 0 aromatic carbocycles. The van der Waals surface area contributed by atoms with E-state index in [0.29, 0.717) is 0 Å². The van der Waals surface area contributed by atoms with Crippen molar-refractivity contribution in [3.05, 3.63) is 0 Å². The van der Waals surface area contributed by atoms with Crippen LogP contribution in [0.15, 0.2) is 0 Å². The first-order valence-corrected chi connectivity index (χ1v) is 0. The minimum atomic E-state index is 0. The summed E-state index contributed by atoms with van der Waals surface area (Å²) in [4.78, 5) is 0. The van der Waals surface area contributed by atoms with Gasteiger partial charge in [0.25, 0.3) is 0 Å². The Morgan fingerprint density at radius 1 is 0.571 bits per heavy atom. The van der Waals surface area contributed by atoms with Crippen molar-refractivity contribution in [3.8, 4) is 0 Å². The van der Waals surface area contributed by atoms with Gasteiger partial charge in [-0.2, -0.15) is 0 Å². The van der Waals surface area contributed by atoms with Crippen LogP contribution in [0, 0.1) is 0 Å². The monoisotopic (exact) mass is 275 g/mol. The third-order valence-electron chi connectivity index (χ3n) is 0. The van der Waals surface area contributed by atoms with Crippen LogP contribution < -0.4 is 49.6 Å². The Hall–Kier alpha value is 2.54. The van der Waals surface area contributed by atoms with Gasteiger partial charge in [-0.1, -0.05) is 0 Å². The molecule has 0 radical (unpaired) electrons. The van der Waals surface area contributed by atoms with E-state index in [2.05, 4.69) is 0 Å². The summed E-state index contributed by atoms with van der Waals surface area (Å²) in [6.07, 6.45) is 0. The van der Waals surface area contributed by atoms with E-state index in [1.165, 1.54) is 0 Å². The Morgan fingerprint density at radius 3 is 0.571 bits per heavy atom. The molecule has 0 saturated heterocycles. The summed E-state index contributed by atoms with van der Waals surface area (Å²) in [6.45, 7) is 0. The standard InChI is InChI=1S/Al.4ClH.H2O.Zr/h;4*1H;1H2;/q+3;;;;;;+2/p-4. The summed E-state index contributed by atoms with van der Waals surface area (Å²) in [5.74, 6) is 0. The van der Waals surface area contributed by atoms with Crippen LogP contribution in [-0.4, -0.2) is 22.8 Å². The first-order chi connectivity index (χ1) is 0. The zero-order valence-electron chi connectivity index (χ0n) is 3.09. The molecular weight excluding hydrogens is 276 g/mol. The molecule has 0 bridgehead atoms. The topological polar surface area (TPSA) is 31.5 Å². The largest absolute Gasteiger partial charge is 3.00 e. The molecule has 0 aromatic heterocycles. The van der Waals surface area contributed by atoms with Crippen LogP contribution in [0.4, 0.5) is 0 Å². The molecule has 2 N–H and O–H groups in total. The van der Waals surface area contributed by atoms with Crippen LogP contribution in [0.1, 0.15) is 0 Å². The van der Waals surface area contributed by atoms with Crippen LogP contribution in [-0.2, 0) is 26.2 Å². The van der Waals surface area contributed by atoms with Gasteiger partial charge in [0.1, 0.15) is 0 Å². The Labute approximate surface area is 97.6 Å². The van der Waals surface area contributed by atoms with Crippen LogP contribution >= 0.6 is 0 Å². The first kappa shape index (κ1) is 108. The maximum absolute atomic E-state index is 0. The van der Waals surface area contributed by atoms with Gasteiger partial charge < -0.3 is 55.1 Å². The third-order valence-corrected chi connectivity index (χ3v) is 0. The quantitative estimate of drug-likeness (QED) is 0.394. The Morgan fingerprint density at radius 2 is 0.571 bits per heavy atom. The molecule has 0 rings (SSSR count). The van der Waals surface area contributed by atoms with Gasteiger partial charge in [0.15, 0.2) is 0 Å². The fourth-order valence-corrected chi connectivity index (χ4v) is 0. The van der Waals surface area contributed by atoms with Crippen molar-refractivity contribution in [3.63, 3.8) is 0 Å². The van der Waals surface area contributed by atoms with Gasteiger partial charge in [-0.25, -0.2) is 0 Å². The molecule has 0 amide bonds. The number of hydrogen-bond donors (Lipinski definition) is 0.